The molecule has 0 bridgehead atoms. The molecule has 2 heterocycles. The van der Waals surface area contributed by atoms with Gasteiger partial charge < -0.3 is 19.5 Å². The number of carbonyl (C=O) groups is 1. The van der Waals surface area contributed by atoms with Gasteiger partial charge in [-0.15, -0.1) is 11.3 Å². The molecule has 1 N–H and O–H groups in total. The Balaban J connectivity index is 1.92. The zero-order chi connectivity index (χ0) is 20.3. The lowest BCUT2D eigenvalue weighted by atomic mass is 10.0. The summed E-state index contributed by atoms with van der Waals surface area (Å²) in [6.07, 6.45) is 0.822. The standard InChI is InChI=1S/C20H23N3O4S/c1-5-23-7-6-13-14(10-21)20(28-17(13)11-23)22-19(24)12-8-15(25-2)18(27-4)16(9-12)26-3/h8-9H,5-7,11H2,1-4H3,(H,22,24). The average molecular weight is 401 g/mol. The Hall–Kier alpha value is -2.76. The molecular formula is C20H23N3O4S. The quantitative estimate of drug-likeness (QED) is 0.800. The second kappa shape index (κ2) is 8.50. The van der Waals surface area contributed by atoms with Crippen molar-refractivity contribution in [1.82, 2.24) is 4.90 Å². The summed E-state index contributed by atoms with van der Waals surface area (Å²) in [5, 5.41) is 13.1. The minimum Gasteiger partial charge on any atom is -0.493 e. The van der Waals surface area contributed by atoms with Crippen molar-refractivity contribution in [1.29, 1.82) is 5.26 Å². The Morgan fingerprint density at radius 2 is 1.93 bits per heavy atom. The van der Waals surface area contributed by atoms with E-state index in [0.717, 1.165) is 36.5 Å². The van der Waals surface area contributed by atoms with Crippen LogP contribution in [0.25, 0.3) is 0 Å². The lowest BCUT2D eigenvalue weighted by Gasteiger charge is -2.24. The second-order valence-electron chi connectivity index (χ2n) is 6.31. The molecular weight excluding hydrogens is 378 g/mol. The third-order valence-corrected chi connectivity index (χ3v) is 5.98. The van der Waals surface area contributed by atoms with Crippen LogP contribution in [0.3, 0.4) is 0 Å². The summed E-state index contributed by atoms with van der Waals surface area (Å²) in [4.78, 5) is 16.3. The molecule has 2 aromatic rings. The van der Waals surface area contributed by atoms with Gasteiger partial charge in [-0.1, -0.05) is 6.92 Å². The summed E-state index contributed by atoms with van der Waals surface area (Å²) < 4.78 is 15.9. The minimum atomic E-state index is -0.332. The highest BCUT2D eigenvalue weighted by Gasteiger charge is 2.25. The first kappa shape index (κ1) is 20.0. The van der Waals surface area contributed by atoms with Gasteiger partial charge in [-0.05, 0) is 30.7 Å². The number of carbonyl (C=O) groups excluding carboxylic acids is 1. The van der Waals surface area contributed by atoms with Crippen molar-refractivity contribution in [2.24, 2.45) is 0 Å². The van der Waals surface area contributed by atoms with Crippen LogP contribution in [0.1, 0.15) is 33.3 Å². The summed E-state index contributed by atoms with van der Waals surface area (Å²) in [5.41, 5.74) is 1.98. The molecule has 28 heavy (non-hydrogen) atoms. The summed E-state index contributed by atoms with van der Waals surface area (Å²) in [6.45, 7) is 4.82. The molecule has 0 atom stereocenters. The summed E-state index contributed by atoms with van der Waals surface area (Å²) >= 11 is 1.47. The molecule has 0 spiro atoms. The van der Waals surface area contributed by atoms with Crippen molar-refractivity contribution in [3.8, 4) is 23.3 Å². The highest BCUT2D eigenvalue weighted by atomic mass is 32.1. The van der Waals surface area contributed by atoms with E-state index >= 15 is 0 Å². The van der Waals surface area contributed by atoms with Crippen LogP contribution in [-0.4, -0.2) is 45.2 Å². The van der Waals surface area contributed by atoms with Crippen molar-refractivity contribution in [3.63, 3.8) is 0 Å². The number of nitriles is 1. The maximum absolute atomic E-state index is 12.9. The van der Waals surface area contributed by atoms with Crippen LogP contribution in [0.2, 0.25) is 0 Å². The minimum absolute atomic E-state index is 0.332. The van der Waals surface area contributed by atoms with Gasteiger partial charge in [0.1, 0.15) is 11.1 Å². The van der Waals surface area contributed by atoms with Gasteiger partial charge >= 0.3 is 0 Å². The van der Waals surface area contributed by atoms with Gasteiger partial charge in [-0.3, -0.25) is 9.69 Å². The maximum Gasteiger partial charge on any atom is 0.256 e. The summed E-state index contributed by atoms with van der Waals surface area (Å²) in [6, 6.07) is 5.45. The van der Waals surface area contributed by atoms with E-state index in [9.17, 15) is 10.1 Å². The number of ether oxygens (including phenoxy) is 3. The van der Waals surface area contributed by atoms with E-state index in [1.807, 2.05) is 0 Å². The van der Waals surface area contributed by atoms with Crippen LogP contribution in [-0.2, 0) is 13.0 Å². The smallest absolute Gasteiger partial charge is 0.256 e. The predicted octanol–water partition coefficient (Wildman–Crippen LogP) is 3.28. The number of amides is 1. The van der Waals surface area contributed by atoms with E-state index in [1.165, 1.54) is 32.7 Å². The van der Waals surface area contributed by atoms with Crippen LogP contribution >= 0.6 is 11.3 Å². The van der Waals surface area contributed by atoms with E-state index in [1.54, 1.807) is 12.1 Å². The fraction of sp³-hybridized carbons (Fsp3) is 0.400. The molecule has 0 saturated carbocycles. The van der Waals surface area contributed by atoms with E-state index < -0.39 is 0 Å². The van der Waals surface area contributed by atoms with Crippen molar-refractivity contribution in [2.45, 2.75) is 19.9 Å². The number of anilines is 1. The van der Waals surface area contributed by atoms with Crippen molar-refractivity contribution < 1.29 is 19.0 Å². The number of benzene rings is 1. The molecule has 1 amide bonds. The Labute approximate surface area is 168 Å². The summed E-state index contributed by atoms with van der Waals surface area (Å²) in [5.74, 6) is 0.889. The first-order chi connectivity index (χ1) is 13.6. The largest absolute Gasteiger partial charge is 0.493 e. The van der Waals surface area contributed by atoms with Gasteiger partial charge in [-0.25, -0.2) is 0 Å². The molecule has 148 valence electrons. The van der Waals surface area contributed by atoms with E-state index in [-0.39, 0.29) is 5.91 Å². The maximum atomic E-state index is 12.9. The average Bonchev–Trinajstić information content (AvgIpc) is 3.08. The van der Waals surface area contributed by atoms with Crippen molar-refractivity contribution >= 4 is 22.2 Å². The fourth-order valence-corrected chi connectivity index (χ4v) is 4.56. The Morgan fingerprint density at radius 3 is 2.46 bits per heavy atom. The van der Waals surface area contributed by atoms with Gasteiger partial charge in [0.2, 0.25) is 5.75 Å². The van der Waals surface area contributed by atoms with E-state index in [0.29, 0.717) is 33.4 Å². The molecule has 7 nitrogen and oxygen atoms in total. The zero-order valence-electron chi connectivity index (χ0n) is 16.4. The zero-order valence-corrected chi connectivity index (χ0v) is 17.2. The SMILES string of the molecule is CCN1CCc2c(sc(NC(=O)c3cc(OC)c(OC)c(OC)c3)c2C#N)C1. The molecule has 1 aliphatic heterocycles. The first-order valence-corrected chi connectivity index (χ1v) is 9.76. The van der Waals surface area contributed by atoms with Crippen LogP contribution < -0.4 is 19.5 Å². The Kier molecular flexibility index (Phi) is 6.07. The molecule has 1 aromatic carbocycles. The Morgan fingerprint density at radius 1 is 1.25 bits per heavy atom. The highest BCUT2D eigenvalue weighted by molar-refractivity contribution is 7.16. The molecule has 0 saturated heterocycles. The number of nitrogens with one attached hydrogen (secondary N) is 1. The van der Waals surface area contributed by atoms with Crippen LogP contribution in [0.4, 0.5) is 5.00 Å². The second-order valence-corrected chi connectivity index (χ2v) is 7.41. The molecule has 1 aliphatic rings. The number of likely N-dealkylation sites (N-methyl/N-ethyl adjacent to an activating group) is 1. The normalized spacial score (nSPS) is 13.4. The number of thiophene rings is 1. The molecule has 0 aliphatic carbocycles. The highest BCUT2D eigenvalue weighted by Crippen LogP contribution is 2.40. The van der Waals surface area contributed by atoms with Crippen molar-refractivity contribution in [3.05, 3.63) is 33.7 Å². The van der Waals surface area contributed by atoms with Gasteiger partial charge in [0.05, 0.1) is 26.9 Å². The number of nitrogens with zero attached hydrogens (tertiary/aromatic N) is 2. The Bertz CT molecular complexity index is 907. The van der Waals surface area contributed by atoms with Gasteiger partial charge in [0, 0.05) is 23.5 Å². The van der Waals surface area contributed by atoms with E-state index in [4.69, 9.17) is 14.2 Å². The molecule has 0 unspecified atom stereocenters. The molecule has 8 heteroatoms. The monoisotopic (exact) mass is 401 g/mol. The lowest BCUT2D eigenvalue weighted by Crippen LogP contribution is -2.29. The third kappa shape index (κ3) is 3.63. The number of rotatable bonds is 6. The topological polar surface area (TPSA) is 83.8 Å². The summed E-state index contributed by atoms with van der Waals surface area (Å²) in [7, 11) is 4.51. The first-order valence-electron chi connectivity index (χ1n) is 8.94. The van der Waals surface area contributed by atoms with Crippen LogP contribution in [0.15, 0.2) is 12.1 Å². The fourth-order valence-electron chi connectivity index (χ4n) is 3.32. The molecule has 0 radical (unpaired) electrons. The van der Waals surface area contributed by atoms with Gasteiger partial charge in [-0.2, -0.15) is 5.26 Å². The van der Waals surface area contributed by atoms with Crippen LogP contribution in [0, 0.1) is 11.3 Å². The van der Waals surface area contributed by atoms with Crippen LogP contribution in [0.5, 0.6) is 17.2 Å². The van der Waals surface area contributed by atoms with Crippen molar-refractivity contribution in [2.75, 3.05) is 39.7 Å². The lowest BCUT2D eigenvalue weighted by molar-refractivity contribution is 0.102. The number of methoxy groups -OCH3 is 3. The van der Waals surface area contributed by atoms with Gasteiger partial charge in [0.15, 0.2) is 11.5 Å². The molecule has 0 fully saturated rings. The van der Waals surface area contributed by atoms with Gasteiger partial charge in [0.25, 0.3) is 5.91 Å². The third-order valence-electron chi connectivity index (χ3n) is 4.85. The number of hydrogen-bond acceptors (Lipinski definition) is 7. The molecule has 1 aromatic heterocycles. The number of fused-ring (bicyclic) bond motifs is 1. The molecule has 3 rings (SSSR count). The number of hydrogen-bond donors (Lipinski definition) is 1. The van der Waals surface area contributed by atoms with E-state index in [2.05, 4.69) is 23.2 Å². The predicted molar refractivity (Wildman–Crippen MR) is 108 cm³/mol.